The van der Waals surface area contributed by atoms with E-state index in [1.807, 2.05) is 79.7 Å². The molecule has 0 spiro atoms. The summed E-state index contributed by atoms with van der Waals surface area (Å²) in [6, 6.07) is 27.4. The predicted molar refractivity (Wildman–Crippen MR) is 117 cm³/mol. The van der Waals surface area contributed by atoms with Gasteiger partial charge >= 0.3 is 6.16 Å². The number of anilines is 1. The number of nitrogens with zero attached hydrogens (tertiary/aromatic N) is 1. The summed E-state index contributed by atoms with van der Waals surface area (Å²) in [5.41, 5.74) is 3.20. The van der Waals surface area contributed by atoms with Crippen LogP contribution < -0.4 is 9.64 Å². The number of rotatable bonds is 8. The quantitative estimate of drug-likeness (QED) is 0.250. The SMILES string of the molecule is CCCCN(c1ccccc1)C(C)OC(=O)Oc1ccc(-c2ccccc2)cc1. The molecule has 3 aromatic carbocycles. The van der Waals surface area contributed by atoms with Crippen molar-refractivity contribution in [2.24, 2.45) is 0 Å². The van der Waals surface area contributed by atoms with Crippen molar-refractivity contribution in [1.82, 2.24) is 0 Å². The van der Waals surface area contributed by atoms with Crippen molar-refractivity contribution < 1.29 is 14.3 Å². The van der Waals surface area contributed by atoms with E-state index in [9.17, 15) is 4.79 Å². The number of hydrogen-bond acceptors (Lipinski definition) is 4. The third-order valence-corrected chi connectivity index (χ3v) is 4.71. The van der Waals surface area contributed by atoms with Crippen LogP contribution in [-0.4, -0.2) is 18.9 Å². The second-order valence-electron chi connectivity index (χ2n) is 6.84. The average Bonchev–Trinajstić information content (AvgIpc) is 2.76. The maximum Gasteiger partial charge on any atom is 0.515 e. The van der Waals surface area contributed by atoms with Crippen molar-refractivity contribution in [1.29, 1.82) is 0 Å². The number of carbonyl (C=O) groups is 1. The first kappa shape index (κ1) is 20.5. The zero-order valence-corrected chi connectivity index (χ0v) is 17.0. The first-order chi connectivity index (χ1) is 14.2. The molecular weight excluding hydrogens is 362 g/mol. The van der Waals surface area contributed by atoms with Crippen LogP contribution >= 0.6 is 0 Å². The van der Waals surface area contributed by atoms with Gasteiger partial charge in [-0.25, -0.2) is 4.79 Å². The Bertz CT molecular complexity index is 879. The minimum absolute atomic E-state index is 0.431. The Morgan fingerprint density at radius 3 is 2.07 bits per heavy atom. The molecule has 0 bridgehead atoms. The van der Waals surface area contributed by atoms with Gasteiger partial charge in [-0.3, -0.25) is 0 Å². The molecule has 0 fully saturated rings. The number of hydrogen-bond donors (Lipinski definition) is 0. The Labute approximate surface area is 172 Å². The van der Waals surface area contributed by atoms with E-state index in [0.29, 0.717) is 5.75 Å². The van der Waals surface area contributed by atoms with Crippen LogP contribution in [0.25, 0.3) is 11.1 Å². The fourth-order valence-electron chi connectivity index (χ4n) is 3.14. The zero-order chi connectivity index (χ0) is 20.5. The van der Waals surface area contributed by atoms with Crippen molar-refractivity contribution >= 4 is 11.8 Å². The highest BCUT2D eigenvalue weighted by Crippen LogP contribution is 2.23. The van der Waals surface area contributed by atoms with Crippen LogP contribution in [0.2, 0.25) is 0 Å². The van der Waals surface area contributed by atoms with Gasteiger partial charge in [0.05, 0.1) is 0 Å². The number of benzene rings is 3. The van der Waals surface area contributed by atoms with Gasteiger partial charge in [0.15, 0.2) is 6.23 Å². The molecule has 0 aliphatic heterocycles. The molecule has 0 aliphatic rings. The standard InChI is InChI=1S/C25H27NO3/c1-3-4-19-26(23-13-9-6-10-14-23)20(2)28-25(27)29-24-17-15-22(16-18-24)21-11-7-5-8-12-21/h5-18,20H,3-4,19H2,1-2H3. The summed E-state index contributed by atoms with van der Waals surface area (Å²) in [6.07, 6.45) is 0.940. The molecule has 1 unspecified atom stereocenters. The van der Waals surface area contributed by atoms with Crippen LogP contribution in [0.4, 0.5) is 10.5 Å². The van der Waals surface area contributed by atoms with E-state index in [2.05, 4.69) is 11.8 Å². The predicted octanol–water partition coefficient (Wildman–Crippen LogP) is 6.52. The van der Waals surface area contributed by atoms with Gasteiger partial charge in [-0.2, -0.15) is 0 Å². The Morgan fingerprint density at radius 1 is 0.862 bits per heavy atom. The van der Waals surface area contributed by atoms with Crippen LogP contribution in [0.3, 0.4) is 0 Å². The maximum absolute atomic E-state index is 12.3. The number of carbonyl (C=O) groups excluding carboxylic acids is 1. The number of ether oxygens (including phenoxy) is 2. The van der Waals surface area contributed by atoms with E-state index in [4.69, 9.17) is 9.47 Å². The molecular formula is C25H27NO3. The van der Waals surface area contributed by atoms with Gasteiger partial charge in [0.1, 0.15) is 5.75 Å². The van der Waals surface area contributed by atoms with Crippen LogP contribution in [0, 0.1) is 0 Å². The lowest BCUT2D eigenvalue weighted by Gasteiger charge is -2.30. The average molecular weight is 389 g/mol. The molecule has 0 aromatic heterocycles. The van der Waals surface area contributed by atoms with E-state index in [1.165, 1.54) is 0 Å². The first-order valence-corrected chi connectivity index (χ1v) is 10.0. The van der Waals surface area contributed by atoms with Crippen LogP contribution in [0.5, 0.6) is 5.75 Å². The summed E-state index contributed by atoms with van der Waals surface area (Å²) in [5, 5.41) is 0. The Hall–Kier alpha value is -3.27. The summed E-state index contributed by atoms with van der Waals surface area (Å²) in [4.78, 5) is 14.4. The molecule has 0 heterocycles. The molecule has 3 aromatic rings. The molecule has 1 atom stereocenters. The van der Waals surface area contributed by atoms with E-state index in [0.717, 1.165) is 36.2 Å². The minimum Gasteiger partial charge on any atom is -0.410 e. The molecule has 0 aliphatic carbocycles. The second-order valence-corrected chi connectivity index (χ2v) is 6.84. The normalized spacial score (nSPS) is 11.5. The van der Waals surface area contributed by atoms with Crippen molar-refractivity contribution in [3.63, 3.8) is 0 Å². The molecule has 150 valence electrons. The summed E-state index contributed by atoms with van der Waals surface area (Å²) in [7, 11) is 0. The lowest BCUT2D eigenvalue weighted by molar-refractivity contribution is 0.0640. The zero-order valence-electron chi connectivity index (χ0n) is 17.0. The van der Waals surface area contributed by atoms with E-state index < -0.39 is 12.4 Å². The smallest absolute Gasteiger partial charge is 0.410 e. The summed E-state index contributed by atoms with van der Waals surface area (Å²) >= 11 is 0. The van der Waals surface area contributed by atoms with Crippen molar-refractivity contribution in [3.05, 3.63) is 84.9 Å². The van der Waals surface area contributed by atoms with Gasteiger partial charge in [-0.1, -0.05) is 74.0 Å². The van der Waals surface area contributed by atoms with Gasteiger partial charge in [-0.05, 0) is 48.7 Å². The fraction of sp³-hybridized carbons (Fsp3) is 0.240. The van der Waals surface area contributed by atoms with Crippen molar-refractivity contribution in [2.75, 3.05) is 11.4 Å². The lowest BCUT2D eigenvalue weighted by atomic mass is 10.1. The fourth-order valence-corrected chi connectivity index (χ4v) is 3.14. The van der Waals surface area contributed by atoms with Crippen LogP contribution in [-0.2, 0) is 4.74 Å². The number of para-hydroxylation sites is 1. The lowest BCUT2D eigenvalue weighted by Crippen LogP contribution is -2.38. The molecule has 0 amide bonds. The maximum atomic E-state index is 12.3. The molecule has 0 radical (unpaired) electrons. The van der Waals surface area contributed by atoms with Gasteiger partial charge in [0, 0.05) is 12.2 Å². The van der Waals surface area contributed by atoms with Gasteiger partial charge in [0.25, 0.3) is 0 Å². The van der Waals surface area contributed by atoms with Crippen LogP contribution in [0.15, 0.2) is 84.9 Å². The number of unbranched alkanes of at least 4 members (excludes halogenated alkanes) is 1. The summed E-state index contributed by atoms with van der Waals surface area (Å²) in [6.45, 7) is 4.81. The minimum atomic E-state index is -0.706. The van der Waals surface area contributed by atoms with Gasteiger partial charge in [-0.15, -0.1) is 0 Å². The summed E-state index contributed by atoms with van der Waals surface area (Å²) < 4.78 is 10.9. The van der Waals surface area contributed by atoms with Crippen molar-refractivity contribution in [2.45, 2.75) is 32.9 Å². The molecule has 0 N–H and O–H groups in total. The highest BCUT2D eigenvalue weighted by Gasteiger charge is 2.19. The molecule has 3 rings (SSSR count). The van der Waals surface area contributed by atoms with Crippen LogP contribution in [0.1, 0.15) is 26.7 Å². The Kier molecular flexibility index (Phi) is 7.28. The van der Waals surface area contributed by atoms with E-state index in [1.54, 1.807) is 12.1 Å². The first-order valence-electron chi connectivity index (χ1n) is 10.0. The molecule has 29 heavy (non-hydrogen) atoms. The topological polar surface area (TPSA) is 38.8 Å². The van der Waals surface area contributed by atoms with Crippen molar-refractivity contribution in [3.8, 4) is 16.9 Å². The summed E-state index contributed by atoms with van der Waals surface area (Å²) in [5.74, 6) is 0.460. The van der Waals surface area contributed by atoms with E-state index >= 15 is 0 Å². The monoisotopic (exact) mass is 389 g/mol. The Balaban J connectivity index is 1.61. The third-order valence-electron chi connectivity index (χ3n) is 4.71. The highest BCUT2D eigenvalue weighted by atomic mass is 16.7. The third kappa shape index (κ3) is 5.85. The van der Waals surface area contributed by atoms with Gasteiger partial charge in [0.2, 0.25) is 0 Å². The Morgan fingerprint density at radius 2 is 1.45 bits per heavy atom. The van der Waals surface area contributed by atoms with E-state index in [-0.39, 0.29) is 0 Å². The van der Waals surface area contributed by atoms with Gasteiger partial charge < -0.3 is 14.4 Å². The second kappa shape index (κ2) is 10.3. The molecule has 0 saturated heterocycles. The molecule has 0 saturated carbocycles. The largest absolute Gasteiger partial charge is 0.515 e. The molecule has 4 nitrogen and oxygen atoms in total. The highest BCUT2D eigenvalue weighted by molar-refractivity contribution is 5.67. The molecule has 4 heteroatoms.